The lowest BCUT2D eigenvalue weighted by Gasteiger charge is -2.19. The predicted octanol–water partition coefficient (Wildman–Crippen LogP) is 3.19. The second-order valence-electron chi connectivity index (χ2n) is 7.12. The quantitative estimate of drug-likeness (QED) is 0.460. The lowest BCUT2D eigenvalue weighted by molar-refractivity contribution is -0.137. The fourth-order valence-corrected chi connectivity index (χ4v) is 3.95. The molecule has 0 radical (unpaired) electrons. The van der Waals surface area contributed by atoms with Crippen molar-refractivity contribution in [3.05, 3.63) is 59.2 Å². The summed E-state index contributed by atoms with van der Waals surface area (Å²) in [5.74, 6) is -0.0487. The Labute approximate surface area is 179 Å². The molecule has 5 N–H and O–H groups in total. The fraction of sp³-hybridized carbons (Fsp3) is 0.250. The summed E-state index contributed by atoms with van der Waals surface area (Å²) in [5, 5.41) is 25.4. The summed E-state index contributed by atoms with van der Waals surface area (Å²) in [4.78, 5) is 11.5. The highest BCUT2D eigenvalue weighted by molar-refractivity contribution is 7.18. The van der Waals surface area contributed by atoms with E-state index in [2.05, 4.69) is 20.8 Å². The second kappa shape index (κ2) is 8.25. The number of nitrogens with one attached hydrogen (secondary N) is 2. The molecule has 0 aliphatic carbocycles. The maximum atomic E-state index is 12.7. The lowest BCUT2D eigenvalue weighted by Crippen LogP contribution is -2.35. The van der Waals surface area contributed by atoms with Gasteiger partial charge in [0.1, 0.15) is 5.01 Å². The number of hydrogen-bond acceptors (Lipinski definition) is 7. The average Bonchev–Trinajstić information content (AvgIpc) is 3.35. The summed E-state index contributed by atoms with van der Waals surface area (Å²) in [7, 11) is 0. The minimum absolute atomic E-state index is 0.0487. The molecule has 31 heavy (non-hydrogen) atoms. The van der Waals surface area contributed by atoms with Crippen LogP contribution in [-0.4, -0.2) is 33.8 Å². The number of alkyl halides is 3. The van der Waals surface area contributed by atoms with Gasteiger partial charge in [-0.25, -0.2) is 0 Å². The minimum Gasteiger partial charge on any atom is -0.387 e. The zero-order valence-corrected chi connectivity index (χ0v) is 16.8. The third-order valence-electron chi connectivity index (χ3n) is 4.88. The van der Waals surface area contributed by atoms with Crippen LogP contribution in [0.3, 0.4) is 0 Å². The van der Waals surface area contributed by atoms with E-state index in [0.717, 1.165) is 28.9 Å². The number of halogens is 3. The van der Waals surface area contributed by atoms with Crippen LogP contribution >= 0.6 is 11.3 Å². The van der Waals surface area contributed by atoms with Gasteiger partial charge in [-0.2, -0.15) is 13.2 Å². The predicted molar refractivity (Wildman–Crippen MR) is 111 cm³/mol. The number of amides is 1. The van der Waals surface area contributed by atoms with Gasteiger partial charge in [-0.05, 0) is 41.5 Å². The molecular weight excluding hydrogens is 431 g/mol. The van der Waals surface area contributed by atoms with Gasteiger partial charge in [0, 0.05) is 17.8 Å². The summed E-state index contributed by atoms with van der Waals surface area (Å²) in [6.45, 7) is 0.138. The van der Waals surface area contributed by atoms with E-state index < -0.39 is 23.9 Å². The molecule has 2 atom stereocenters. The van der Waals surface area contributed by atoms with E-state index in [-0.39, 0.29) is 12.5 Å². The van der Waals surface area contributed by atoms with E-state index in [1.165, 1.54) is 23.5 Å². The van der Waals surface area contributed by atoms with Crippen molar-refractivity contribution >= 4 is 28.1 Å². The van der Waals surface area contributed by atoms with Gasteiger partial charge >= 0.3 is 6.18 Å². The van der Waals surface area contributed by atoms with Crippen molar-refractivity contribution in [1.29, 1.82) is 0 Å². The molecule has 1 amide bonds. The van der Waals surface area contributed by atoms with E-state index in [1.54, 1.807) is 0 Å². The second-order valence-corrected chi connectivity index (χ2v) is 8.10. The maximum absolute atomic E-state index is 12.7. The SMILES string of the molecule is N[C@H](CNc1nnc(-c2ccc3c(c2)CC(=O)N3)s1)[C@@H](O)c1ccc(C(F)(F)F)cc1. The van der Waals surface area contributed by atoms with Crippen LogP contribution in [0.4, 0.5) is 24.0 Å². The molecule has 11 heteroatoms. The molecule has 1 aliphatic rings. The van der Waals surface area contributed by atoms with Crippen LogP contribution < -0.4 is 16.4 Å². The van der Waals surface area contributed by atoms with Gasteiger partial charge in [0.05, 0.1) is 24.1 Å². The number of fused-ring (bicyclic) bond motifs is 1. The van der Waals surface area contributed by atoms with Crippen LogP contribution in [-0.2, 0) is 17.4 Å². The molecule has 0 fully saturated rings. The van der Waals surface area contributed by atoms with Crippen LogP contribution in [0, 0.1) is 0 Å². The Bertz CT molecular complexity index is 1100. The molecule has 1 aromatic heterocycles. The summed E-state index contributed by atoms with van der Waals surface area (Å²) in [6, 6.07) is 9.02. The van der Waals surface area contributed by atoms with E-state index in [4.69, 9.17) is 5.73 Å². The lowest BCUT2D eigenvalue weighted by atomic mass is 10.0. The number of rotatable bonds is 6. The van der Waals surface area contributed by atoms with Crippen molar-refractivity contribution in [2.24, 2.45) is 5.73 Å². The number of aromatic nitrogens is 2. The highest BCUT2D eigenvalue weighted by Crippen LogP contribution is 2.32. The normalized spacial score (nSPS) is 15.3. The van der Waals surface area contributed by atoms with Gasteiger partial charge < -0.3 is 21.5 Å². The molecule has 7 nitrogen and oxygen atoms in total. The van der Waals surface area contributed by atoms with Crippen molar-refractivity contribution in [1.82, 2.24) is 10.2 Å². The van der Waals surface area contributed by atoms with E-state index >= 15 is 0 Å². The number of hydrogen-bond donors (Lipinski definition) is 4. The summed E-state index contributed by atoms with van der Waals surface area (Å²) in [5.41, 5.74) is 8.02. The molecule has 162 valence electrons. The number of carbonyl (C=O) groups is 1. The molecule has 2 aromatic carbocycles. The first-order valence-corrected chi connectivity index (χ1v) is 10.1. The zero-order chi connectivity index (χ0) is 22.2. The van der Waals surface area contributed by atoms with Gasteiger partial charge in [0.25, 0.3) is 0 Å². The van der Waals surface area contributed by atoms with Gasteiger partial charge in [0.2, 0.25) is 11.0 Å². The first kappa shape index (κ1) is 21.2. The minimum atomic E-state index is -4.44. The van der Waals surface area contributed by atoms with E-state index in [9.17, 15) is 23.1 Å². The fourth-order valence-electron chi connectivity index (χ4n) is 3.21. The number of nitrogens with two attached hydrogens (primary N) is 1. The standard InChI is InChI=1S/C20H18F3N5O2S/c21-20(22,23)13-4-1-10(2-5-13)17(30)14(24)9-25-19-28-27-18(31-19)11-3-6-15-12(7-11)8-16(29)26-15/h1-7,14,17,30H,8-9,24H2,(H,25,28)(H,26,29)/t14-,17+/m1/s1. The number of benzene rings is 2. The number of carbonyl (C=O) groups excluding carboxylic acids is 1. The molecule has 0 saturated carbocycles. The molecule has 0 saturated heterocycles. The van der Waals surface area contributed by atoms with Crippen LogP contribution in [0.25, 0.3) is 10.6 Å². The highest BCUT2D eigenvalue weighted by atomic mass is 32.1. The topological polar surface area (TPSA) is 113 Å². The van der Waals surface area contributed by atoms with Gasteiger partial charge in [0.15, 0.2) is 0 Å². The van der Waals surface area contributed by atoms with Gasteiger partial charge in [-0.15, -0.1) is 10.2 Å². The Morgan fingerprint density at radius 2 is 1.94 bits per heavy atom. The van der Waals surface area contributed by atoms with Crippen molar-refractivity contribution in [3.8, 4) is 10.6 Å². The van der Waals surface area contributed by atoms with Crippen molar-refractivity contribution in [2.45, 2.75) is 24.7 Å². The van der Waals surface area contributed by atoms with Gasteiger partial charge in [-0.1, -0.05) is 23.5 Å². The van der Waals surface area contributed by atoms with Crippen LogP contribution in [0.5, 0.6) is 0 Å². The van der Waals surface area contributed by atoms with Crippen molar-refractivity contribution in [3.63, 3.8) is 0 Å². The van der Waals surface area contributed by atoms with Crippen LogP contribution in [0.15, 0.2) is 42.5 Å². The number of aliphatic hydroxyl groups excluding tert-OH is 1. The van der Waals surface area contributed by atoms with Gasteiger partial charge in [-0.3, -0.25) is 4.79 Å². The molecule has 3 aromatic rings. The largest absolute Gasteiger partial charge is 0.416 e. The van der Waals surface area contributed by atoms with E-state index in [0.29, 0.717) is 22.1 Å². The van der Waals surface area contributed by atoms with Crippen LogP contribution in [0.1, 0.15) is 22.8 Å². The summed E-state index contributed by atoms with van der Waals surface area (Å²) < 4.78 is 38.0. The Hall–Kier alpha value is -3.02. The molecular formula is C20H18F3N5O2S. The highest BCUT2D eigenvalue weighted by Gasteiger charge is 2.30. The molecule has 0 unspecified atom stereocenters. The molecule has 2 heterocycles. The number of nitrogens with zero attached hydrogens (tertiary/aromatic N) is 2. The monoisotopic (exact) mass is 449 g/mol. The molecule has 0 bridgehead atoms. The zero-order valence-electron chi connectivity index (χ0n) is 16.0. The average molecular weight is 449 g/mol. The van der Waals surface area contributed by atoms with Crippen molar-refractivity contribution < 1.29 is 23.1 Å². The third kappa shape index (κ3) is 4.68. The smallest absolute Gasteiger partial charge is 0.387 e. The Morgan fingerprint density at radius 3 is 2.65 bits per heavy atom. The number of aliphatic hydroxyl groups is 1. The first-order chi connectivity index (χ1) is 14.7. The number of anilines is 2. The summed E-state index contributed by atoms with van der Waals surface area (Å²) >= 11 is 1.29. The molecule has 0 spiro atoms. The van der Waals surface area contributed by atoms with E-state index in [1.807, 2.05) is 18.2 Å². The maximum Gasteiger partial charge on any atom is 0.416 e. The Balaban J connectivity index is 1.37. The summed E-state index contributed by atoms with van der Waals surface area (Å²) in [6.07, 6.45) is -5.26. The third-order valence-corrected chi connectivity index (χ3v) is 5.81. The first-order valence-electron chi connectivity index (χ1n) is 9.32. The molecule has 4 rings (SSSR count). The van der Waals surface area contributed by atoms with Crippen molar-refractivity contribution in [2.75, 3.05) is 17.2 Å². The Kier molecular flexibility index (Phi) is 5.65. The molecule has 1 aliphatic heterocycles. The van der Waals surface area contributed by atoms with Crippen LogP contribution in [0.2, 0.25) is 0 Å². The Morgan fingerprint density at radius 1 is 1.19 bits per heavy atom.